The first-order chi connectivity index (χ1) is 18.2. The van der Waals surface area contributed by atoms with Crippen molar-refractivity contribution >= 4 is 7.85 Å². The summed E-state index contributed by atoms with van der Waals surface area (Å²) in [6.07, 6.45) is 3.52. The molecule has 1 heteroatoms. The van der Waals surface area contributed by atoms with Crippen LogP contribution in [0.25, 0.3) is 33.4 Å². The van der Waals surface area contributed by atoms with Crippen LogP contribution in [-0.4, -0.2) is 7.85 Å². The Morgan fingerprint density at radius 3 is 1.84 bits per heavy atom. The molecule has 38 heavy (non-hydrogen) atoms. The van der Waals surface area contributed by atoms with Crippen LogP contribution in [0.2, 0.25) is 0 Å². The summed E-state index contributed by atoms with van der Waals surface area (Å²) in [6, 6.07) is 27.2. The molecule has 3 atom stereocenters. The highest BCUT2D eigenvalue weighted by molar-refractivity contribution is 6.16. The van der Waals surface area contributed by atoms with Gasteiger partial charge in [-0.1, -0.05) is 88.2 Å². The first-order valence-electron chi connectivity index (χ1n) is 14.4. The average molecular weight is 497 g/mol. The van der Waals surface area contributed by atoms with Crippen LogP contribution in [0.15, 0.2) is 72.8 Å². The van der Waals surface area contributed by atoms with E-state index in [-0.39, 0.29) is 5.31 Å². The summed E-state index contributed by atoms with van der Waals surface area (Å²) in [6.45, 7) is 15.7. The summed E-state index contributed by atoms with van der Waals surface area (Å²) >= 11 is 0. The minimum atomic E-state index is -0.334. The van der Waals surface area contributed by atoms with E-state index in [2.05, 4.69) is 121 Å². The van der Waals surface area contributed by atoms with Crippen molar-refractivity contribution in [2.75, 3.05) is 0 Å². The largest absolute Gasteiger partial charge is 0.0806 e. The smallest absolute Gasteiger partial charge is 0.0653 e. The number of hydrogen-bond acceptors (Lipinski definition) is 0. The molecule has 0 aliphatic heterocycles. The summed E-state index contributed by atoms with van der Waals surface area (Å²) in [7, 11) is 6.83. The van der Waals surface area contributed by atoms with E-state index in [1.165, 1.54) is 79.6 Å². The second-order valence-corrected chi connectivity index (χ2v) is 11.8. The zero-order valence-electron chi connectivity index (χ0n) is 24.3. The van der Waals surface area contributed by atoms with Crippen molar-refractivity contribution in [2.45, 2.75) is 79.0 Å². The fourth-order valence-electron chi connectivity index (χ4n) is 6.57. The lowest BCUT2D eigenvalue weighted by atomic mass is 9.60. The Balaban J connectivity index is 1.72. The van der Waals surface area contributed by atoms with Gasteiger partial charge in [0, 0.05) is 0 Å². The highest BCUT2D eigenvalue weighted by atomic mass is 14.4. The number of benzene rings is 4. The SMILES string of the molecule is [B]C(C)(CC)c1c(C)c(C)c(-c2cc(-c3ccccc3)cc(-c3cccc(C4CC4CC)c3)c2)c(C)c1C. The van der Waals surface area contributed by atoms with Gasteiger partial charge in [0.2, 0.25) is 0 Å². The molecule has 0 bridgehead atoms. The van der Waals surface area contributed by atoms with Gasteiger partial charge in [-0.3, -0.25) is 0 Å². The molecule has 1 saturated carbocycles. The summed E-state index contributed by atoms with van der Waals surface area (Å²) in [4.78, 5) is 0. The van der Waals surface area contributed by atoms with E-state index >= 15 is 0 Å². The summed E-state index contributed by atoms with van der Waals surface area (Å²) in [5.74, 6) is 1.57. The highest BCUT2D eigenvalue weighted by Crippen LogP contribution is 2.50. The van der Waals surface area contributed by atoms with Crippen molar-refractivity contribution in [1.82, 2.24) is 0 Å². The van der Waals surface area contributed by atoms with E-state index in [4.69, 9.17) is 7.85 Å². The Kier molecular flexibility index (Phi) is 7.16. The molecule has 0 nitrogen and oxygen atoms in total. The fraction of sp³-hybridized carbons (Fsp3) is 0.351. The lowest BCUT2D eigenvalue weighted by molar-refractivity contribution is 0.638. The standard InChI is InChI=1S/C37H41B/c1-8-27-22-34(27)30-17-13-16-29(18-30)32-19-31(28-14-11-10-12-15-28)20-33(21-32)35-23(3)25(5)36(26(6)24(35)4)37(7,38)9-2/h10-21,27,34H,8-9,22H2,1-7H3. The summed E-state index contributed by atoms with van der Waals surface area (Å²) in [5, 5.41) is -0.334. The lowest BCUT2D eigenvalue weighted by Crippen LogP contribution is -2.25. The molecule has 0 spiro atoms. The van der Waals surface area contributed by atoms with Gasteiger partial charge >= 0.3 is 0 Å². The van der Waals surface area contributed by atoms with Crippen LogP contribution in [0.4, 0.5) is 0 Å². The zero-order valence-corrected chi connectivity index (χ0v) is 24.3. The summed E-state index contributed by atoms with van der Waals surface area (Å²) < 4.78 is 0. The average Bonchev–Trinajstić information content (AvgIpc) is 3.73. The van der Waals surface area contributed by atoms with Crippen molar-refractivity contribution < 1.29 is 0 Å². The molecule has 0 amide bonds. The third kappa shape index (κ3) is 4.77. The summed E-state index contributed by atoms with van der Waals surface area (Å²) in [5.41, 5.74) is 15.8. The van der Waals surface area contributed by atoms with E-state index in [9.17, 15) is 0 Å². The van der Waals surface area contributed by atoms with Crippen LogP contribution in [0.5, 0.6) is 0 Å². The van der Waals surface area contributed by atoms with Crippen molar-refractivity contribution in [3.63, 3.8) is 0 Å². The molecule has 1 fully saturated rings. The van der Waals surface area contributed by atoms with Gasteiger partial charge in [-0.15, -0.1) is 0 Å². The highest BCUT2D eigenvalue weighted by Gasteiger charge is 2.36. The van der Waals surface area contributed by atoms with Gasteiger partial charge < -0.3 is 0 Å². The molecule has 192 valence electrons. The first kappa shape index (κ1) is 26.5. The van der Waals surface area contributed by atoms with E-state index in [1.807, 2.05) is 0 Å². The topological polar surface area (TPSA) is 0 Å². The van der Waals surface area contributed by atoms with Gasteiger partial charge in [0.25, 0.3) is 0 Å². The molecule has 1 aliphatic carbocycles. The molecule has 0 heterocycles. The van der Waals surface area contributed by atoms with Gasteiger partial charge in [-0.05, 0) is 136 Å². The molecule has 1 aliphatic rings. The van der Waals surface area contributed by atoms with Crippen molar-refractivity contribution in [3.8, 4) is 33.4 Å². The third-order valence-electron chi connectivity index (χ3n) is 9.35. The molecule has 5 rings (SSSR count). The maximum absolute atomic E-state index is 6.83. The maximum Gasteiger partial charge on any atom is 0.0806 e. The Morgan fingerprint density at radius 2 is 1.26 bits per heavy atom. The van der Waals surface area contributed by atoms with Gasteiger partial charge in [0.1, 0.15) is 0 Å². The predicted octanol–water partition coefficient (Wildman–Crippen LogP) is 10.2. The van der Waals surface area contributed by atoms with Crippen LogP contribution in [0, 0.1) is 33.6 Å². The normalized spacial score (nSPS) is 18.3. The molecule has 0 N–H and O–H groups in total. The Morgan fingerprint density at radius 1 is 0.684 bits per heavy atom. The van der Waals surface area contributed by atoms with Gasteiger partial charge in [0.05, 0.1) is 7.85 Å². The van der Waals surface area contributed by atoms with Gasteiger partial charge in [-0.25, -0.2) is 0 Å². The second kappa shape index (κ2) is 10.3. The van der Waals surface area contributed by atoms with Crippen LogP contribution in [0.1, 0.15) is 79.3 Å². The van der Waals surface area contributed by atoms with Crippen molar-refractivity contribution in [3.05, 3.63) is 106 Å². The van der Waals surface area contributed by atoms with Gasteiger partial charge in [-0.2, -0.15) is 0 Å². The molecule has 2 radical (unpaired) electrons. The van der Waals surface area contributed by atoms with Crippen LogP contribution in [-0.2, 0) is 5.31 Å². The molecule has 0 saturated heterocycles. The molecule has 4 aromatic rings. The van der Waals surface area contributed by atoms with Crippen LogP contribution < -0.4 is 0 Å². The zero-order chi connectivity index (χ0) is 27.2. The molecule has 4 aromatic carbocycles. The Bertz CT molecular complexity index is 1450. The lowest BCUT2D eigenvalue weighted by Gasteiger charge is -2.32. The van der Waals surface area contributed by atoms with Gasteiger partial charge in [0.15, 0.2) is 0 Å². The molecule has 3 unspecified atom stereocenters. The van der Waals surface area contributed by atoms with E-state index in [1.54, 1.807) is 0 Å². The van der Waals surface area contributed by atoms with Crippen LogP contribution in [0.3, 0.4) is 0 Å². The molecule has 0 aromatic heterocycles. The third-order valence-corrected chi connectivity index (χ3v) is 9.35. The minimum Gasteiger partial charge on any atom is -0.0653 e. The molecular formula is C37H41B. The maximum atomic E-state index is 6.83. The van der Waals surface area contributed by atoms with Crippen molar-refractivity contribution in [1.29, 1.82) is 0 Å². The fourth-order valence-corrected chi connectivity index (χ4v) is 6.57. The minimum absolute atomic E-state index is 0.334. The quantitative estimate of drug-likeness (QED) is 0.223. The first-order valence-corrected chi connectivity index (χ1v) is 14.4. The van der Waals surface area contributed by atoms with E-state index in [0.717, 1.165) is 18.3 Å². The number of hydrogen-bond donors (Lipinski definition) is 0. The molecular weight excluding hydrogens is 455 g/mol. The van der Waals surface area contributed by atoms with E-state index < -0.39 is 0 Å². The monoisotopic (exact) mass is 496 g/mol. The van der Waals surface area contributed by atoms with E-state index in [0.29, 0.717) is 0 Å². The van der Waals surface area contributed by atoms with Crippen molar-refractivity contribution in [2.24, 2.45) is 5.92 Å². The Hall–Kier alpha value is -3.06. The Labute approximate surface area is 231 Å². The predicted molar refractivity (Wildman–Crippen MR) is 166 cm³/mol. The second-order valence-electron chi connectivity index (χ2n) is 11.8. The number of rotatable bonds is 7. The van der Waals surface area contributed by atoms with Crippen LogP contribution >= 0.6 is 0 Å².